The van der Waals surface area contributed by atoms with Crippen molar-refractivity contribution in [2.24, 2.45) is 5.92 Å². The number of carbonyl (C=O) groups is 1. The number of unbranched alkanes of at least 4 members (excludes halogenated alkanes) is 1. The van der Waals surface area contributed by atoms with Gasteiger partial charge in [0, 0.05) is 0 Å². The Bertz CT molecular complexity index is 188. The maximum Gasteiger partial charge on any atom is 0.308 e. The summed E-state index contributed by atoms with van der Waals surface area (Å²) in [6.45, 7) is 0.445. The average Bonchev–Trinajstić information content (AvgIpc) is 2.22. The number of aliphatic hydroxyl groups excluding tert-OH is 1. The lowest BCUT2D eigenvalue weighted by Crippen LogP contribution is -2.25. The Morgan fingerprint density at radius 1 is 1.33 bits per heavy atom. The molecule has 0 amide bonds. The third kappa shape index (κ3) is 6.38. The van der Waals surface area contributed by atoms with E-state index in [9.17, 15) is 18.7 Å². The Morgan fingerprint density at radius 2 is 1.87 bits per heavy atom. The molecule has 0 spiro atoms. The van der Waals surface area contributed by atoms with Crippen molar-refractivity contribution in [3.05, 3.63) is 0 Å². The molecule has 90 valence electrons. The molecule has 0 saturated carbocycles. The van der Waals surface area contributed by atoms with Gasteiger partial charge in [-0.25, -0.2) is 8.78 Å². The molecule has 0 aromatic carbocycles. The van der Waals surface area contributed by atoms with Crippen molar-refractivity contribution in [2.45, 2.75) is 44.9 Å². The lowest BCUT2D eigenvalue weighted by Gasteiger charge is -2.14. The topological polar surface area (TPSA) is 57.5 Å². The van der Waals surface area contributed by atoms with Crippen LogP contribution in [-0.2, 0) is 4.79 Å². The van der Waals surface area contributed by atoms with E-state index in [1.165, 1.54) is 6.92 Å². The molecule has 0 bridgehead atoms. The van der Waals surface area contributed by atoms with Gasteiger partial charge in [0.15, 0.2) is 0 Å². The van der Waals surface area contributed by atoms with E-state index in [1.807, 2.05) is 0 Å². The fourth-order valence-corrected chi connectivity index (χ4v) is 1.21. The molecular weight excluding hydrogens is 206 g/mol. The summed E-state index contributed by atoms with van der Waals surface area (Å²) >= 11 is 0. The standard InChI is InChI=1S/C10H18F2O3/c1-7(10(14)15)9(13)5-3-2-4-8(12)6-11/h7-9,13H,2-6H2,1H3,(H,14,15). The van der Waals surface area contributed by atoms with Crippen molar-refractivity contribution in [1.82, 2.24) is 0 Å². The van der Waals surface area contributed by atoms with Gasteiger partial charge in [-0.1, -0.05) is 12.8 Å². The SMILES string of the molecule is CC(C(=O)O)C(O)CCCCC(F)CF. The van der Waals surface area contributed by atoms with Crippen LogP contribution >= 0.6 is 0 Å². The Morgan fingerprint density at radius 3 is 2.33 bits per heavy atom. The van der Waals surface area contributed by atoms with Crippen LogP contribution in [-0.4, -0.2) is 35.1 Å². The molecule has 0 aromatic rings. The molecule has 0 rings (SSSR count). The maximum absolute atomic E-state index is 12.4. The van der Waals surface area contributed by atoms with Crippen LogP contribution in [0.5, 0.6) is 0 Å². The van der Waals surface area contributed by atoms with E-state index in [0.29, 0.717) is 19.3 Å². The molecule has 0 saturated heterocycles. The zero-order valence-electron chi connectivity index (χ0n) is 8.83. The zero-order valence-corrected chi connectivity index (χ0v) is 8.83. The van der Waals surface area contributed by atoms with Gasteiger partial charge < -0.3 is 10.2 Å². The number of carboxylic acid groups (broad SMARTS) is 1. The van der Waals surface area contributed by atoms with Gasteiger partial charge in [-0.15, -0.1) is 0 Å². The van der Waals surface area contributed by atoms with Crippen molar-refractivity contribution < 1.29 is 23.8 Å². The molecule has 0 heterocycles. The molecule has 0 aromatic heterocycles. The van der Waals surface area contributed by atoms with E-state index < -0.39 is 30.8 Å². The van der Waals surface area contributed by atoms with Crippen LogP contribution in [0, 0.1) is 5.92 Å². The van der Waals surface area contributed by atoms with E-state index in [2.05, 4.69) is 0 Å². The predicted molar refractivity (Wildman–Crippen MR) is 52.1 cm³/mol. The molecule has 0 radical (unpaired) electrons. The fourth-order valence-electron chi connectivity index (χ4n) is 1.21. The number of rotatable bonds is 8. The number of carboxylic acids is 1. The molecule has 0 aliphatic rings. The first-order valence-corrected chi connectivity index (χ1v) is 5.10. The number of hydrogen-bond acceptors (Lipinski definition) is 2. The van der Waals surface area contributed by atoms with Gasteiger partial charge in [-0.2, -0.15) is 0 Å². The number of alkyl halides is 2. The van der Waals surface area contributed by atoms with Crippen LogP contribution in [0.4, 0.5) is 8.78 Å². The van der Waals surface area contributed by atoms with Crippen LogP contribution in [0.3, 0.4) is 0 Å². The number of hydrogen-bond donors (Lipinski definition) is 2. The summed E-state index contributed by atoms with van der Waals surface area (Å²) in [6.07, 6.45) is -0.921. The van der Waals surface area contributed by atoms with Gasteiger partial charge in [-0.3, -0.25) is 4.79 Å². The lowest BCUT2D eigenvalue weighted by molar-refractivity contribution is -0.144. The average molecular weight is 224 g/mol. The van der Waals surface area contributed by atoms with Gasteiger partial charge in [0.05, 0.1) is 12.0 Å². The third-order valence-electron chi connectivity index (χ3n) is 2.40. The van der Waals surface area contributed by atoms with Crippen LogP contribution < -0.4 is 0 Å². The zero-order chi connectivity index (χ0) is 11.8. The second-order valence-corrected chi connectivity index (χ2v) is 3.73. The van der Waals surface area contributed by atoms with E-state index in [4.69, 9.17) is 5.11 Å². The van der Waals surface area contributed by atoms with Crippen molar-refractivity contribution in [2.75, 3.05) is 6.67 Å². The summed E-state index contributed by atoms with van der Waals surface area (Å²) < 4.78 is 24.1. The van der Waals surface area contributed by atoms with Crippen molar-refractivity contribution in [3.8, 4) is 0 Å². The Labute approximate surface area is 88.1 Å². The smallest absolute Gasteiger partial charge is 0.308 e. The molecular formula is C10H18F2O3. The highest BCUT2D eigenvalue weighted by molar-refractivity contribution is 5.70. The van der Waals surface area contributed by atoms with E-state index in [1.54, 1.807) is 0 Å². The second kappa shape index (κ2) is 7.56. The minimum atomic E-state index is -1.43. The van der Waals surface area contributed by atoms with Crippen LogP contribution in [0.15, 0.2) is 0 Å². The summed E-state index contributed by atoms with van der Waals surface area (Å²) in [5.74, 6) is -1.86. The van der Waals surface area contributed by atoms with Gasteiger partial charge in [-0.05, 0) is 19.8 Å². The third-order valence-corrected chi connectivity index (χ3v) is 2.40. The number of halogens is 2. The summed E-state index contributed by atoms with van der Waals surface area (Å²) in [5.41, 5.74) is 0. The number of aliphatic carboxylic acids is 1. The Balaban J connectivity index is 3.55. The van der Waals surface area contributed by atoms with E-state index >= 15 is 0 Å². The highest BCUT2D eigenvalue weighted by Gasteiger charge is 2.20. The molecule has 3 unspecified atom stereocenters. The minimum absolute atomic E-state index is 0.130. The van der Waals surface area contributed by atoms with Crippen molar-refractivity contribution >= 4 is 5.97 Å². The molecule has 15 heavy (non-hydrogen) atoms. The van der Waals surface area contributed by atoms with Crippen molar-refractivity contribution in [1.29, 1.82) is 0 Å². The molecule has 0 fully saturated rings. The highest BCUT2D eigenvalue weighted by atomic mass is 19.2. The van der Waals surface area contributed by atoms with Crippen LogP contribution in [0.1, 0.15) is 32.6 Å². The predicted octanol–water partition coefficient (Wildman–Crippen LogP) is 1.94. The monoisotopic (exact) mass is 224 g/mol. The van der Waals surface area contributed by atoms with Crippen LogP contribution in [0.2, 0.25) is 0 Å². The quantitative estimate of drug-likeness (QED) is 0.619. The van der Waals surface area contributed by atoms with Crippen molar-refractivity contribution in [3.63, 3.8) is 0 Å². The minimum Gasteiger partial charge on any atom is -0.481 e. The first-order valence-electron chi connectivity index (χ1n) is 5.10. The first-order chi connectivity index (χ1) is 6.99. The molecule has 0 aliphatic heterocycles. The normalized spacial score (nSPS) is 17.1. The largest absolute Gasteiger partial charge is 0.481 e. The lowest BCUT2D eigenvalue weighted by atomic mass is 9.99. The maximum atomic E-state index is 12.4. The summed E-state index contributed by atoms with van der Waals surface area (Å²) in [4.78, 5) is 10.5. The summed E-state index contributed by atoms with van der Waals surface area (Å²) in [6, 6.07) is 0. The van der Waals surface area contributed by atoms with Gasteiger partial charge in [0.2, 0.25) is 0 Å². The molecule has 5 heteroatoms. The van der Waals surface area contributed by atoms with Crippen LogP contribution in [0.25, 0.3) is 0 Å². The molecule has 3 nitrogen and oxygen atoms in total. The Hall–Kier alpha value is -0.710. The Kier molecular flexibility index (Phi) is 7.21. The second-order valence-electron chi connectivity index (χ2n) is 3.73. The van der Waals surface area contributed by atoms with Gasteiger partial charge in [0.1, 0.15) is 12.8 Å². The fraction of sp³-hybridized carbons (Fsp3) is 0.900. The van der Waals surface area contributed by atoms with E-state index in [0.717, 1.165) is 0 Å². The van der Waals surface area contributed by atoms with Gasteiger partial charge >= 0.3 is 5.97 Å². The molecule has 2 N–H and O–H groups in total. The van der Waals surface area contributed by atoms with E-state index in [-0.39, 0.29) is 6.42 Å². The molecule has 0 aliphatic carbocycles. The first kappa shape index (κ1) is 14.3. The van der Waals surface area contributed by atoms with Gasteiger partial charge in [0.25, 0.3) is 0 Å². The highest BCUT2D eigenvalue weighted by Crippen LogP contribution is 2.13. The summed E-state index contributed by atoms with van der Waals surface area (Å²) in [7, 11) is 0. The molecule has 3 atom stereocenters. The summed E-state index contributed by atoms with van der Waals surface area (Å²) in [5, 5.41) is 17.9. The number of aliphatic hydroxyl groups is 1.